The normalized spacial score (nSPS) is 9.89. The molecule has 0 saturated heterocycles. The van der Waals surface area contributed by atoms with Gasteiger partial charge in [-0.05, 0) is 12.8 Å². The summed E-state index contributed by atoms with van der Waals surface area (Å²) < 4.78 is 0. The summed E-state index contributed by atoms with van der Waals surface area (Å²) in [6.07, 6.45) is 12.6. The van der Waals surface area contributed by atoms with Crippen LogP contribution in [0.3, 0.4) is 0 Å². The number of aryl methyl sites for hydroxylation is 4. The van der Waals surface area contributed by atoms with Crippen molar-refractivity contribution in [2.45, 2.75) is 91.9 Å². The monoisotopic (exact) mass is 664 g/mol. The van der Waals surface area contributed by atoms with Gasteiger partial charge in [0.05, 0.1) is 0 Å². The molecular weight excluding hydrogens is 615 g/mol. The quantitative estimate of drug-likeness (QED) is 0.117. The zero-order chi connectivity index (χ0) is 22.8. The molecule has 0 aliphatic rings. The summed E-state index contributed by atoms with van der Waals surface area (Å²) in [5.74, 6) is 0. The van der Waals surface area contributed by atoms with Gasteiger partial charge in [0.25, 0.3) is 0 Å². The van der Waals surface area contributed by atoms with Crippen molar-refractivity contribution in [3.63, 3.8) is 0 Å². The maximum absolute atomic E-state index is 2.39. The molecule has 0 N–H and O–H groups in total. The van der Waals surface area contributed by atoms with Gasteiger partial charge in [0.15, 0.2) is 0 Å². The average molecular weight is 663 g/mol. The maximum Gasteiger partial charge on any atom is 4.00 e. The fourth-order valence-corrected chi connectivity index (χ4v) is 4.97. The Hall–Kier alpha value is -1.25. The zero-order valence-electron chi connectivity index (χ0n) is 23.8. The molecule has 0 saturated carbocycles. The molecule has 0 aliphatic heterocycles. The topological polar surface area (TPSA) is 0 Å². The van der Waals surface area contributed by atoms with Crippen LogP contribution in [0.2, 0.25) is 0 Å². The third kappa shape index (κ3) is 9.56. The molecule has 0 fully saturated rings. The van der Waals surface area contributed by atoms with Gasteiger partial charge >= 0.3 is 25.8 Å². The van der Waals surface area contributed by atoms with E-state index in [0.717, 1.165) is 0 Å². The Morgan fingerprint density at radius 1 is 0.528 bits per heavy atom. The van der Waals surface area contributed by atoms with Crippen LogP contribution in [0.5, 0.6) is 0 Å². The Kier molecular flexibility index (Phi) is 20.3. The molecule has 0 spiro atoms. The molecular formula is C34H48HfSi. The molecule has 36 heavy (non-hydrogen) atoms. The van der Waals surface area contributed by atoms with Gasteiger partial charge in [-0.15, -0.1) is 81.2 Å². The third-order valence-corrected chi connectivity index (χ3v) is 6.61. The summed E-state index contributed by atoms with van der Waals surface area (Å²) in [4.78, 5) is 0. The fourth-order valence-electron chi connectivity index (χ4n) is 4.97. The van der Waals surface area contributed by atoms with Crippen LogP contribution in [0.4, 0.5) is 0 Å². The summed E-state index contributed by atoms with van der Waals surface area (Å²) in [7, 11) is 0. The molecule has 4 radical (unpaired) electrons. The van der Waals surface area contributed by atoms with Crippen molar-refractivity contribution in [1.82, 2.24) is 0 Å². The Bertz CT molecular complexity index is 997. The molecule has 2 heteroatoms. The Morgan fingerprint density at radius 3 is 1.22 bits per heavy atom. The van der Waals surface area contributed by atoms with Gasteiger partial charge in [-0.3, -0.25) is 0 Å². The van der Waals surface area contributed by atoms with Crippen LogP contribution in [0.1, 0.15) is 88.5 Å². The first-order chi connectivity index (χ1) is 15.7. The van der Waals surface area contributed by atoms with Gasteiger partial charge in [-0.2, -0.15) is 11.1 Å². The zero-order valence-corrected chi connectivity index (χ0v) is 28.4. The largest absolute Gasteiger partial charge is 4.00 e. The van der Waals surface area contributed by atoms with Gasteiger partial charge in [0.1, 0.15) is 0 Å². The van der Waals surface area contributed by atoms with Gasteiger partial charge < -0.3 is 14.9 Å². The second-order valence-corrected chi connectivity index (χ2v) is 9.18. The van der Waals surface area contributed by atoms with E-state index in [0.29, 0.717) is 0 Å². The van der Waals surface area contributed by atoms with Crippen LogP contribution >= 0.6 is 0 Å². The maximum atomic E-state index is 2.39. The summed E-state index contributed by atoms with van der Waals surface area (Å²) in [5.41, 5.74) is 6.38. The minimum atomic E-state index is 0. The molecule has 0 aromatic heterocycles. The molecule has 4 rings (SSSR count). The van der Waals surface area contributed by atoms with Gasteiger partial charge in [0, 0.05) is 11.0 Å². The summed E-state index contributed by atoms with van der Waals surface area (Å²) in [6.45, 7) is 9.07. The van der Waals surface area contributed by atoms with Crippen LogP contribution in [0.25, 0.3) is 21.5 Å². The first-order valence-corrected chi connectivity index (χ1v) is 13.1. The standard InChI is InChI=1S/2C16H21.2CH3.Hf.Si/c2*1-3-5-10-15-13(8-4-2)12-14-9-6-7-11-16(14)15;;;;/h2*6-7,9,11-12H,3-5,8,10H2,1-2H3;2*1H3;;/q4*-1;+4;. The Labute approximate surface area is 246 Å². The summed E-state index contributed by atoms with van der Waals surface area (Å²) in [5, 5.41) is 5.83. The van der Waals surface area contributed by atoms with E-state index in [1.807, 2.05) is 0 Å². The third-order valence-electron chi connectivity index (χ3n) is 6.61. The van der Waals surface area contributed by atoms with Crippen LogP contribution in [0, 0.1) is 14.9 Å². The molecule has 0 aliphatic carbocycles. The molecule has 0 bridgehead atoms. The second-order valence-electron chi connectivity index (χ2n) is 9.18. The number of hydrogen-bond acceptors (Lipinski definition) is 0. The van der Waals surface area contributed by atoms with E-state index in [2.05, 4.69) is 88.4 Å². The smallest absolute Gasteiger partial charge is 0.358 e. The van der Waals surface area contributed by atoms with E-state index >= 15 is 0 Å². The molecule has 4 aromatic carbocycles. The SMILES string of the molecule is CCCCc1c(CCC)[cH-]c2ccccc12.CCCCc1c(CCC)[cH-]c2ccccc12.[CH3-].[CH3-].[Hf+4].[Si]. The minimum absolute atomic E-state index is 0. The van der Waals surface area contributed by atoms with Crippen molar-refractivity contribution in [3.05, 3.63) is 97.8 Å². The molecule has 0 amide bonds. The van der Waals surface area contributed by atoms with Gasteiger partial charge in [-0.1, -0.05) is 91.2 Å². The van der Waals surface area contributed by atoms with Crippen LogP contribution < -0.4 is 0 Å². The van der Waals surface area contributed by atoms with E-state index in [9.17, 15) is 0 Å². The average Bonchev–Trinajstić information content (AvgIpc) is 3.34. The van der Waals surface area contributed by atoms with Crippen molar-refractivity contribution in [2.75, 3.05) is 0 Å². The number of benzene rings is 2. The van der Waals surface area contributed by atoms with Crippen molar-refractivity contribution in [2.24, 2.45) is 0 Å². The molecule has 192 valence electrons. The summed E-state index contributed by atoms with van der Waals surface area (Å²) in [6, 6.07) is 22.4. The molecule has 4 aromatic rings. The van der Waals surface area contributed by atoms with Gasteiger partial charge in [-0.25, -0.2) is 0 Å². The number of fused-ring (bicyclic) bond motifs is 2. The predicted octanol–water partition coefficient (Wildman–Crippen LogP) is 10.2. The minimum Gasteiger partial charge on any atom is -0.358 e. The Morgan fingerprint density at radius 2 is 0.889 bits per heavy atom. The predicted molar refractivity (Wildman–Crippen MR) is 163 cm³/mol. The second kappa shape index (κ2) is 19.8. The first kappa shape index (κ1) is 36.9. The van der Waals surface area contributed by atoms with Crippen molar-refractivity contribution >= 4 is 32.5 Å². The van der Waals surface area contributed by atoms with Crippen LogP contribution in [0.15, 0.2) is 60.7 Å². The molecule has 0 atom stereocenters. The van der Waals surface area contributed by atoms with E-state index in [1.165, 1.54) is 85.8 Å². The Balaban J connectivity index is 0. The van der Waals surface area contributed by atoms with Crippen LogP contribution in [-0.2, 0) is 51.5 Å². The molecule has 0 heterocycles. The molecule has 0 unspecified atom stereocenters. The van der Waals surface area contributed by atoms with E-state index in [1.54, 1.807) is 22.3 Å². The number of hydrogen-bond donors (Lipinski definition) is 0. The summed E-state index contributed by atoms with van der Waals surface area (Å²) >= 11 is 0. The molecule has 0 nitrogen and oxygen atoms in total. The fraction of sp³-hybridized carbons (Fsp3) is 0.412. The van der Waals surface area contributed by atoms with Crippen molar-refractivity contribution in [3.8, 4) is 0 Å². The van der Waals surface area contributed by atoms with Crippen molar-refractivity contribution < 1.29 is 25.8 Å². The van der Waals surface area contributed by atoms with E-state index in [-0.39, 0.29) is 51.7 Å². The van der Waals surface area contributed by atoms with Gasteiger partial charge in [0.2, 0.25) is 0 Å². The van der Waals surface area contributed by atoms with E-state index in [4.69, 9.17) is 0 Å². The number of rotatable bonds is 10. The van der Waals surface area contributed by atoms with Crippen LogP contribution in [-0.4, -0.2) is 11.0 Å². The first-order valence-electron chi connectivity index (χ1n) is 13.1. The van der Waals surface area contributed by atoms with Crippen molar-refractivity contribution in [1.29, 1.82) is 0 Å². The number of unbranched alkanes of at least 4 members (excludes halogenated alkanes) is 2. The van der Waals surface area contributed by atoms with E-state index < -0.39 is 0 Å².